The fourth-order valence-electron chi connectivity index (χ4n) is 2.92. The van der Waals surface area contributed by atoms with Crippen molar-refractivity contribution in [3.8, 4) is 5.75 Å². The van der Waals surface area contributed by atoms with Gasteiger partial charge < -0.3 is 25.0 Å². The summed E-state index contributed by atoms with van der Waals surface area (Å²) in [5.41, 5.74) is -0.638. The number of fused-ring (bicyclic) bond motifs is 2. The van der Waals surface area contributed by atoms with Crippen molar-refractivity contribution < 1.29 is 21.1 Å². The number of aliphatic hydroxyl groups is 2. The number of nitrogens with zero attached hydrogens (tertiary/aromatic N) is 2. The van der Waals surface area contributed by atoms with Crippen LogP contribution >= 0.6 is 0 Å². The fraction of sp³-hybridized carbons (Fsp3) is 0.467. The van der Waals surface area contributed by atoms with E-state index in [1.807, 2.05) is 24.3 Å². The molecule has 3 aliphatic rings. The molecule has 0 radical (unpaired) electrons. The molecule has 1 saturated heterocycles. The molecule has 23 heavy (non-hydrogen) atoms. The van der Waals surface area contributed by atoms with E-state index in [4.69, 9.17) is 10.8 Å². The number of rotatable bonds is 1. The second kappa shape index (κ2) is 5.19. The molecule has 6 atom stereocenters. The Morgan fingerprint density at radius 2 is 2.17 bits per heavy atom. The lowest BCUT2D eigenvalue weighted by atomic mass is 10.0. The van der Waals surface area contributed by atoms with Gasteiger partial charge in [0.05, 0.1) is 18.3 Å². The van der Waals surface area contributed by atoms with Crippen molar-refractivity contribution in [2.24, 2.45) is 0 Å². The molecule has 0 bridgehead atoms. The highest BCUT2D eigenvalue weighted by molar-refractivity contribution is 5.53. The van der Waals surface area contributed by atoms with Crippen molar-refractivity contribution in [1.29, 1.82) is 0 Å². The molecule has 8 nitrogen and oxygen atoms in total. The molecule has 0 aromatic carbocycles. The predicted molar refractivity (Wildman–Crippen MR) is 80.2 cm³/mol. The molecular formula is C15H17N3O5. The zero-order valence-electron chi connectivity index (χ0n) is 13.1. The predicted octanol–water partition coefficient (Wildman–Crippen LogP) is -0.450. The van der Waals surface area contributed by atoms with Crippen LogP contribution in [-0.2, 0) is 4.74 Å². The van der Waals surface area contributed by atoms with Crippen LogP contribution in [0.5, 0.6) is 5.75 Å². The smallest absolute Gasteiger partial charge is 0.351 e. The Morgan fingerprint density at radius 3 is 2.96 bits per heavy atom. The minimum absolute atomic E-state index is 0.104. The number of nitrogens with one attached hydrogen (secondary N) is 1. The maximum Gasteiger partial charge on any atom is 0.351 e. The summed E-state index contributed by atoms with van der Waals surface area (Å²) in [6.45, 7) is -0.221. The highest BCUT2D eigenvalue weighted by atomic mass is 16.6. The van der Waals surface area contributed by atoms with Crippen molar-refractivity contribution in [2.45, 2.75) is 43.6 Å². The summed E-state index contributed by atoms with van der Waals surface area (Å²) in [7, 11) is 0. The Balaban J connectivity index is 1.68. The Kier molecular flexibility index (Phi) is 3.00. The van der Waals surface area contributed by atoms with Gasteiger partial charge in [-0.05, 0) is 13.0 Å². The topological polar surface area (TPSA) is 106 Å². The monoisotopic (exact) mass is 320 g/mol. The van der Waals surface area contributed by atoms with Gasteiger partial charge >= 0.3 is 5.69 Å². The molecule has 1 fully saturated rings. The quantitative estimate of drug-likeness (QED) is 0.643. The SMILES string of the molecule is [2H]C[C@H]1O[C@@H](n2cc3c(nc2=O)NC2C=CC=CC2O3)C(O)[C@H]1O. The van der Waals surface area contributed by atoms with Crippen molar-refractivity contribution in [2.75, 3.05) is 5.32 Å². The number of aromatic nitrogens is 2. The highest BCUT2D eigenvalue weighted by Gasteiger charge is 2.42. The van der Waals surface area contributed by atoms with Crippen molar-refractivity contribution in [1.82, 2.24) is 9.55 Å². The molecule has 0 saturated carbocycles. The number of allylic oxidation sites excluding steroid dienone is 2. The van der Waals surface area contributed by atoms with Crippen LogP contribution in [0.4, 0.5) is 5.82 Å². The van der Waals surface area contributed by atoms with Crippen LogP contribution in [0.2, 0.25) is 0 Å². The van der Waals surface area contributed by atoms with E-state index in [0.717, 1.165) is 4.57 Å². The van der Waals surface area contributed by atoms with E-state index in [1.54, 1.807) is 0 Å². The molecule has 4 rings (SSSR count). The van der Waals surface area contributed by atoms with Crippen LogP contribution in [0.25, 0.3) is 0 Å². The number of ether oxygens (including phenoxy) is 2. The second-order valence-corrected chi connectivity index (χ2v) is 5.71. The number of anilines is 1. The van der Waals surface area contributed by atoms with Gasteiger partial charge in [-0.1, -0.05) is 18.2 Å². The highest BCUT2D eigenvalue weighted by Crippen LogP contribution is 2.33. The van der Waals surface area contributed by atoms with Crippen LogP contribution in [0.1, 0.15) is 14.5 Å². The molecule has 2 aliphatic heterocycles. The van der Waals surface area contributed by atoms with Crippen LogP contribution in [0.3, 0.4) is 0 Å². The summed E-state index contributed by atoms with van der Waals surface area (Å²) in [5, 5.41) is 23.1. The van der Waals surface area contributed by atoms with E-state index in [2.05, 4.69) is 10.3 Å². The Labute approximate surface area is 133 Å². The third-order valence-corrected chi connectivity index (χ3v) is 4.18. The van der Waals surface area contributed by atoms with Gasteiger partial charge in [0.25, 0.3) is 0 Å². The lowest BCUT2D eigenvalue weighted by Crippen LogP contribution is -2.42. The van der Waals surface area contributed by atoms with E-state index in [9.17, 15) is 15.0 Å². The number of hydrogen-bond donors (Lipinski definition) is 3. The van der Waals surface area contributed by atoms with E-state index >= 15 is 0 Å². The molecule has 0 spiro atoms. The molecular weight excluding hydrogens is 302 g/mol. The molecule has 1 aromatic rings. The molecule has 3 N–H and O–H groups in total. The minimum atomic E-state index is -1.32. The normalized spacial score (nSPS) is 38.3. The van der Waals surface area contributed by atoms with Crippen LogP contribution in [0, 0.1) is 0 Å². The fourth-order valence-corrected chi connectivity index (χ4v) is 2.92. The number of aliphatic hydroxyl groups excluding tert-OH is 2. The van der Waals surface area contributed by atoms with Gasteiger partial charge in [-0.25, -0.2) is 4.79 Å². The zero-order valence-corrected chi connectivity index (χ0v) is 12.1. The third-order valence-electron chi connectivity index (χ3n) is 4.18. The average Bonchev–Trinajstić information content (AvgIpc) is 2.87. The summed E-state index contributed by atoms with van der Waals surface area (Å²) in [5.74, 6) is 0.679. The molecule has 122 valence electrons. The van der Waals surface area contributed by atoms with Crippen LogP contribution < -0.4 is 15.7 Å². The summed E-state index contributed by atoms with van der Waals surface area (Å²) >= 11 is 0. The van der Waals surface area contributed by atoms with Crippen molar-refractivity contribution >= 4 is 5.82 Å². The van der Waals surface area contributed by atoms with E-state index in [0.29, 0.717) is 11.6 Å². The Hall–Kier alpha value is -2.16. The molecule has 1 aliphatic carbocycles. The van der Waals surface area contributed by atoms with Gasteiger partial charge in [-0.3, -0.25) is 4.57 Å². The van der Waals surface area contributed by atoms with Gasteiger partial charge in [0.1, 0.15) is 18.3 Å². The first-order valence-corrected chi connectivity index (χ1v) is 7.30. The van der Waals surface area contributed by atoms with Crippen LogP contribution in [0.15, 0.2) is 35.3 Å². The van der Waals surface area contributed by atoms with Crippen LogP contribution in [-0.4, -0.2) is 50.2 Å². The summed E-state index contributed by atoms with van der Waals surface area (Å²) in [6.07, 6.45) is 4.22. The summed E-state index contributed by atoms with van der Waals surface area (Å²) in [6, 6.07) is -0.104. The van der Waals surface area contributed by atoms with Gasteiger partial charge in [0.2, 0.25) is 0 Å². The maximum atomic E-state index is 12.3. The largest absolute Gasteiger partial charge is 0.478 e. The lowest BCUT2D eigenvalue weighted by Gasteiger charge is -2.32. The summed E-state index contributed by atoms with van der Waals surface area (Å²) in [4.78, 5) is 16.2. The standard InChI is InChI=1S/C15H17N3O5/c1-7-11(19)12(20)14(22-7)18-6-10-13(17-15(18)21)16-8-4-2-3-5-9(8)23-10/h2-9,11-12,14,19-20H,1H3,(H,16,17,21)/t7-,8?,9?,11+,12?,14-/m1/s1/i1D. The van der Waals surface area contributed by atoms with Gasteiger partial charge in [-0.15, -0.1) is 0 Å². The number of hydrogen-bond acceptors (Lipinski definition) is 7. The minimum Gasteiger partial charge on any atom is -0.478 e. The molecule has 3 heterocycles. The third kappa shape index (κ3) is 2.26. The lowest BCUT2D eigenvalue weighted by molar-refractivity contribution is -0.0355. The maximum absolute atomic E-state index is 12.3. The first kappa shape index (κ1) is 13.3. The van der Waals surface area contributed by atoms with Crippen molar-refractivity contribution in [3.05, 3.63) is 41.0 Å². The summed E-state index contributed by atoms with van der Waals surface area (Å²) < 4.78 is 19.7. The first-order valence-electron chi connectivity index (χ1n) is 8.01. The van der Waals surface area contributed by atoms with Gasteiger partial charge in [0, 0.05) is 1.37 Å². The van der Waals surface area contributed by atoms with Gasteiger partial charge in [-0.2, -0.15) is 4.98 Å². The molecule has 8 heteroatoms. The van der Waals surface area contributed by atoms with Gasteiger partial charge in [0.15, 0.2) is 17.8 Å². The van der Waals surface area contributed by atoms with E-state index < -0.39 is 30.2 Å². The van der Waals surface area contributed by atoms with Crippen molar-refractivity contribution in [3.63, 3.8) is 0 Å². The zero-order chi connectivity index (χ0) is 16.8. The van der Waals surface area contributed by atoms with E-state index in [1.165, 1.54) is 6.20 Å². The van der Waals surface area contributed by atoms with E-state index in [-0.39, 0.29) is 19.0 Å². The first-order chi connectivity index (χ1) is 11.6. The molecule has 0 amide bonds. The molecule has 3 unspecified atom stereocenters. The Morgan fingerprint density at radius 1 is 1.35 bits per heavy atom. The molecule has 1 aromatic heterocycles. The second-order valence-electron chi connectivity index (χ2n) is 5.71. The average molecular weight is 320 g/mol. The Bertz CT molecular complexity index is 764.